The summed E-state index contributed by atoms with van der Waals surface area (Å²) in [7, 11) is 0.743. The SMILES string of the molecule is COCCCS(=O)Cc1ccc(CC(=O)O)cc1. The molecule has 1 aromatic rings. The molecule has 0 spiro atoms. The molecule has 1 unspecified atom stereocenters. The molecule has 0 aliphatic rings. The van der Waals surface area contributed by atoms with E-state index < -0.39 is 16.8 Å². The van der Waals surface area contributed by atoms with E-state index in [1.54, 1.807) is 19.2 Å². The van der Waals surface area contributed by atoms with Crippen LogP contribution >= 0.6 is 0 Å². The first-order chi connectivity index (χ1) is 8.61. The first-order valence-electron chi connectivity index (χ1n) is 5.75. The fraction of sp³-hybridized carbons (Fsp3) is 0.462. The molecule has 0 aliphatic carbocycles. The van der Waals surface area contributed by atoms with Gasteiger partial charge in [0.2, 0.25) is 0 Å². The summed E-state index contributed by atoms with van der Waals surface area (Å²) in [5.74, 6) is 0.299. The molecule has 0 heterocycles. The highest BCUT2D eigenvalue weighted by Crippen LogP contribution is 2.08. The van der Waals surface area contributed by atoms with Gasteiger partial charge in [0.25, 0.3) is 0 Å². The van der Waals surface area contributed by atoms with E-state index in [0.717, 1.165) is 17.5 Å². The van der Waals surface area contributed by atoms with Crippen LogP contribution in [0.25, 0.3) is 0 Å². The maximum absolute atomic E-state index is 11.7. The second-order valence-electron chi connectivity index (χ2n) is 4.02. The third-order valence-electron chi connectivity index (χ3n) is 2.43. The second kappa shape index (κ2) is 8.00. The molecule has 0 aromatic heterocycles. The van der Waals surface area contributed by atoms with E-state index in [4.69, 9.17) is 9.84 Å². The molecule has 0 amide bonds. The zero-order chi connectivity index (χ0) is 13.4. The number of carboxylic acids is 1. The van der Waals surface area contributed by atoms with Crippen LogP contribution in [0, 0.1) is 0 Å². The Morgan fingerprint density at radius 1 is 1.28 bits per heavy atom. The number of benzene rings is 1. The third kappa shape index (κ3) is 5.93. The number of aliphatic carboxylic acids is 1. The molecule has 0 saturated heterocycles. The van der Waals surface area contributed by atoms with Gasteiger partial charge in [0.15, 0.2) is 0 Å². The number of rotatable bonds is 8. The van der Waals surface area contributed by atoms with Crippen molar-refractivity contribution in [2.45, 2.75) is 18.6 Å². The van der Waals surface area contributed by atoms with Crippen molar-refractivity contribution in [2.24, 2.45) is 0 Å². The second-order valence-corrected chi connectivity index (χ2v) is 5.60. The number of ether oxygens (including phenoxy) is 1. The van der Waals surface area contributed by atoms with Gasteiger partial charge in [-0.1, -0.05) is 24.3 Å². The zero-order valence-electron chi connectivity index (χ0n) is 10.4. The Bertz CT molecular complexity index is 400. The lowest BCUT2D eigenvalue weighted by molar-refractivity contribution is -0.136. The summed E-state index contributed by atoms with van der Waals surface area (Å²) in [6, 6.07) is 7.23. The van der Waals surface area contributed by atoms with Gasteiger partial charge in [-0.25, -0.2) is 0 Å². The van der Waals surface area contributed by atoms with E-state index in [-0.39, 0.29) is 6.42 Å². The maximum Gasteiger partial charge on any atom is 0.307 e. The minimum absolute atomic E-state index is 0.0250. The van der Waals surface area contributed by atoms with Crippen molar-refractivity contribution in [1.82, 2.24) is 0 Å². The van der Waals surface area contributed by atoms with Gasteiger partial charge in [0.1, 0.15) is 0 Å². The maximum atomic E-state index is 11.7. The van der Waals surface area contributed by atoms with Crippen molar-refractivity contribution >= 4 is 16.8 Å². The van der Waals surface area contributed by atoms with Crippen molar-refractivity contribution in [3.63, 3.8) is 0 Å². The average Bonchev–Trinajstić information content (AvgIpc) is 2.31. The summed E-state index contributed by atoms with van der Waals surface area (Å²) in [4.78, 5) is 10.5. The molecule has 18 heavy (non-hydrogen) atoms. The molecule has 0 saturated carbocycles. The Hall–Kier alpha value is -1.20. The number of hydrogen-bond acceptors (Lipinski definition) is 3. The summed E-state index contributed by atoms with van der Waals surface area (Å²) >= 11 is 0. The Labute approximate surface area is 109 Å². The number of carboxylic acid groups (broad SMARTS) is 1. The number of hydrogen-bond donors (Lipinski definition) is 1. The molecular weight excluding hydrogens is 252 g/mol. The molecule has 0 bridgehead atoms. The Morgan fingerprint density at radius 2 is 1.89 bits per heavy atom. The molecule has 5 heteroatoms. The van der Waals surface area contributed by atoms with Gasteiger partial charge in [0.05, 0.1) is 6.42 Å². The van der Waals surface area contributed by atoms with Crippen LogP contribution in [-0.4, -0.2) is 34.8 Å². The van der Waals surface area contributed by atoms with Crippen molar-refractivity contribution in [1.29, 1.82) is 0 Å². The summed E-state index contributed by atoms with van der Waals surface area (Å²) in [5, 5.41) is 8.64. The topological polar surface area (TPSA) is 63.6 Å². The first-order valence-corrected chi connectivity index (χ1v) is 7.24. The van der Waals surface area contributed by atoms with Crippen LogP contribution in [0.2, 0.25) is 0 Å². The van der Waals surface area contributed by atoms with Crippen LogP contribution < -0.4 is 0 Å². The predicted octanol–water partition coefficient (Wildman–Crippen LogP) is 1.60. The van der Waals surface area contributed by atoms with Crippen LogP contribution in [0.4, 0.5) is 0 Å². The minimum Gasteiger partial charge on any atom is -0.481 e. The fourth-order valence-electron chi connectivity index (χ4n) is 1.55. The van der Waals surface area contributed by atoms with Crippen LogP contribution in [0.5, 0.6) is 0 Å². The molecule has 1 rings (SSSR count). The van der Waals surface area contributed by atoms with Crippen LogP contribution in [0.1, 0.15) is 17.5 Å². The van der Waals surface area contributed by atoms with Gasteiger partial charge in [-0.3, -0.25) is 9.00 Å². The third-order valence-corrected chi connectivity index (χ3v) is 3.83. The highest BCUT2D eigenvalue weighted by Gasteiger charge is 2.03. The summed E-state index contributed by atoms with van der Waals surface area (Å²) < 4.78 is 16.6. The fourth-order valence-corrected chi connectivity index (χ4v) is 2.70. The normalized spacial score (nSPS) is 12.3. The van der Waals surface area contributed by atoms with Crippen molar-refractivity contribution in [3.8, 4) is 0 Å². The summed E-state index contributed by atoms with van der Waals surface area (Å²) in [6.45, 7) is 0.628. The highest BCUT2D eigenvalue weighted by molar-refractivity contribution is 7.84. The lowest BCUT2D eigenvalue weighted by atomic mass is 10.1. The Kier molecular flexibility index (Phi) is 6.60. The minimum atomic E-state index is -0.886. The lowest BCUT2D eigenvalue weighted by Crippen LogP contribution is -2.04. The van der Waals surface area contributed by atoms with Gasteiger partial charge in [-0.15, -0.1) is 0 Å². The van der Waals surface area contributed by atoms with Crippen molar-refractivity contribution in [3.05, 3.63) is 35.4 Å². The standard InChI is InChI=1S/C13H18O4S/c1-17-7-2-8-18(16)10-12-5-3-11(4-6-12)9-13(14)15/h3-6H,2,7-10H2,1H3,(H,14,15). The van der Waals surface area contributed by atoms with E-state index in [2.05, 4.69) is 0 Å². The molecule has 4 nitrogen and oxygen atoms in total. The monoisotopic (exact) mass is 270 g/mol. The van der Waals surface area contributed by atoms with Crippen LogP contribution in [0.3, 0.4) is 0 Å². The van der Waals surface area contributed by atoms with Gasteiger partial charge < -0.3 is 9.84 Å². The van der Waals surface area contributed by atoms with Gasteiger partial charge in [-0.05, 0) is 17.5 Å². The highest BCUT2D eigenvalue weighted by atomic mass is 32.2. The molecule has 0 radical (unpaired) electrons. The Morgan fingerprint density at radius 3 is 2.44 bits per heavy atom. The first kappa shape index (κ1) is 14.9. The van der Waals surface area contributed by atoms with Crippen molar-refractivity contribution in [2.75, 3.05) is 19.5 Å². The largest absolute Gasteiger partial charge is 0.481 e. The van der Waals surface area contributed by atoms with Crippen LogP contribution in [-0.2, 0) is 32.5 Å². The number of methoxy groups -OCH3 is 1. The quantitative estimate of drug-likeness (QED) is 0.729. The molecule has 1 N–H and O–H groups in total. The molecular formula is C13H18O4S. The molecule has 1 aromatic carbocycles. The molecule has 0 fully saturated rings. The summed E-state index contributed by atoms with van der Waals surface area (Å²) in [6.07, 6.45) is 0.817. The van der Waals surface area contributed by atoms with E-state index in [9.17, 15) is 9.00 Å². The van der Waals surface area contributed by atoms with Crippen LogP contribution in [0.15, 0.2) is 24.3 Å². The van der Waals surface area contributed by atoms with Gasteiger partial charge in [0, 0.05) is 36.0 Å². The zero-order valence-corrected chi connectivity index (χ0v) is 11.2. The lowest BCUT2D eigenvalue weighted by Gasteiger charge is -2.03. The smallest absolute Gasteiger partial charge is 0.307 e. The molecule has 1 atom stereocenters. The number of carbonyl (C=O) groups is 1. The van der Waals surface area contributed by atoms with Gasteiger partial charge >= 0.3 is 5.97 Å². The predicted molar refractivity (Wildman–Crippen MR) is 71.0 cm³/mol. The van der Waals surface area contributed by atoms with Crippen molar-refractivity contribution < 1.29 is 18.8 Å². The molecule has 100 valence electrons. The Balaban J connectivity index is 2.43. The summed E-state index contributed by atoms with van der Waals surface area (Å²) in [5.41, 5.74) is 1.73. The van der Waals surface area contributed by atoms with E-state index in [1.807, 2.05) is 12.1 Å². The average molecular weight is 270 g/mol. The van der Waals surface area contributed by atoms with E-state index in [1.165, 1.54) is 0 Å². The van der Waals surface area contributed by atoms with Gasteiger partial charge in [-0.2, -0.15) is 0 Å². The molecule has 0 aliphatic heterocycles. The van der Waals surface area contributed by atoms with E-state index in [0.29, 0.717) is 18.1 Å². The van der Waals surface area contributed by atoms with E-state index >= 15 is 0 Å².